The van der Waals surface area contributed by atoms with E-state index in [9.17, 15) is 0 Å². The molecule has 0 aliphatic rings. The molecule has 16 heavy (non-hydrogen) atoms. The number of nitrogens with zero attached hydrogens (tertiary/aromatic N) is 2. The van der Waals surface area contributed by atoms with Crippen molar-refractivity contribution in [3.05, 3.63) is 38.8 Å². The molecule has 1 atom stereocenters. The van der Waals surface area contributed by atoms with Crippen LogP contribution in [0.5, 0.6) is 0 Å². The van der Waals surface area contributed by atoms with Crippen LogP contribution >= 0.6 is 27.3 Å². The minimum atomic E-state index is 0.0453. The lowest BCUT2D eigenvalue weighted by atomic mass is 10.1. The number of rotatable bonds is 4. The Labute approximate surface area is 107 Å². The van der Waals surface area contributed by atoms with E-state index in [4.69, 9.17) is 5.73 Å². The third-order valence-corrected chi connectivity index (χ3v) is 4.45. The number of hydrogen-bond acceptors (Lipinski definition) is 3. The van der Waals surface area contributed by atoms with Crippen molar-refractivity contribution in [3.63, 3.8) is 0 Å². The zero-order chi connectivity index (χ0) is 11.5. The van der Waals surface area contributed by atoms with Gasteiger partial charge in [-0.05, 0) is 46.3 Å². The Morgan fingerprint density at radius 3 is 3.00 bits per heavy atom. The van der Waals surface area contributed by atoms with Gasteiger partial charge in [0.2, 0.25) is 0 Å². The van der Waals surface area contributed by atoms with Crippen LogP contribution in [0.2, 0.25) is 0 Å². The maximum Gasteiger partial charge on any atom is 0.0522 e. The fraction of sp³-hybridized carbons (Fsp3) is 0.364. The predicted octanol–water partition coefficient (Wildman–Crippen LogP) is 2.97. The number of thiophene rings is 1. The number of nitrogens with two attached hydrogens (primary N) is 1. The molecule has 0 spiro atoms. The van der Waals surface area contributed by atoms with Crippen LogP contribution in [0, 0.1) is 0 Å². The first kappa shape index (κ1) is 11.8. The van der Waals surface area contributed by atoms with E-state index >= 15 is 0 Å². The second kappa shape index (κ2) is 5.12. The monoisotopic (exact) mass is 299 g/mol. The van der Waals surface area contributed by atoms with Crippen LogP contribution in [0.25, 0.3) is 0 Å². The summed E-state index contributed by atoms with van der Waals surface area (Å²) in [5.41, 5.74) is 7.36. The molecule has 2 aromatic heterocycles. The molecule has 2 heterocycles. The van der Waals surface area contributed by atoms with E-state index in [0.717, 1.165) is 17.4 Å². The van der Waals surface area contributed by atoms with Crippen LogP contribution in [-0.2, 0) is 13.0 Å². The Balaban J connectivity index is 2.07. The second-order valence-electron chi connectivity index (χ2n) is 3.65. The molecular formula is C11H14BrN3S. The summed E-state index contributed by atoms with van der Waals surface area (Å²) in [6.45, 7) is 2.98. The van der Waals surface area contributed by atoms with Gasteiger partial charge in [-0.25, -0.2) is 0 Å². The quantitative estimate of drug-likeness (QED) is 0.943. The summed E-state index contributed by atoms with van der Waals surface area (Å²) < 4.78 is 3.03. The lowest BCUT2D eigenvalue weighted by Crippen LogP contribution is -2.11. The Kier molecular flexibility index (Phi) is 3.78. The number of aromatic nitrogens is 2. The SMILES string of the molecule is CCn1cc(CC(N)c2sccc2Br)cn1. The van der Waals surface area contributed by atoms with Gasteiger partial charge in [0.1, 0.15) is 0 Å². The van der Waals surface area contributed by atoms with Gasteiger partial charge >= 0.3 is 0 Å². The van der Waals surface area contributed by atoms with Gasteiger partial charge in [-0.1, -0.05) is 0 Å². The highest BCUT2D eigenvalue weighted by Crippen LogP contribution is 2.29. The third kappa shape index (κ3) is 2.53. The molecule has 3 nitrogen and oxygen atoms in total. The second-order valence-corrected chi connectivity index (χ2v) is 5.45. The predicted molar refractivity (Wildman–Crippen MR) is 70.6 cm³/mol. The first-order valence-corrected chi connectivity index (χ1v) is 6.87. The topological polar surface area (TPSA) is 43.8 Å². The van der Waals surface area contributed by atoms with Crippen LogP contribution in [0.15, 0.2) is 28.3 Å². The van der Waals surface area contributed by atoms with E-state index in [-0.39, 0.29) is 6.04 Å². The van der Waals surface area contributed by atoms with E-state index in [1.54, 1.807) is 11.3 Å². The van der Waals surface area contributed by atoms with Gasteiger partial charge < -0.3 is 5.73 Å². The van der Waals surface area contributed by atoms with Gasteiger partial charge in [-0.15, -0.1) is 11.3 Å². The van der Waals surface area contributed by atoms with Crippen molar-refractivity contribution in [2.45, 2.75) is 25.9 Å². The minimum Gasteiger partial charge on any atom is -0.323 e. The fourth-order valence-electron chi connectivity index (χ4n) is 1.60. The maximum atomic E-state index is 6.17. The van der Waals surface area contributed by atoms with Crippen molar-refractivity contribution in [2.24, 2.45) is 5.73 Å². The number of halogens is 1. The molecule has 0 aliphatic carbocycles. The maximum absolute atomic E-state index is 6.17. The lowest BCUT2D eigenvalue weighted by molar-refractivity contribution is 0.657. The zero-order valence-corrected chi connectivity index (χ0v) is 11.5. The van der Waals surface area contributed by atoms with E-state index in [0.29, 0.717) is 0 Å². The fourth-order valence-corrected chi connectivity index (χ4v) is 3.27. The Hall–Kier alpha value is -0.650. The summed E-state index contributed by atoms with van der Waals surface area (Å²) in [6, 6.07) is 2.08. The largest absolute Gasteiger partial charge is 0.323 e. The first-order valence-electron chi connectivity index (χ1n) is 5.20. The summed E-state index contributed by atoms with van der Waals surface area (Å²) in [7, 11) is 0. The first-order chi connectivity index (χ1) is 7.70. The molecule has 0 aliphatic heterocycles. The third-order valence-electron chi connectivity index (χ3n) is 2.45. The van der Waals surface area contributed by atoms with Gasteiger partial charge in [-0.2, -0.15) is 5.10 Å². The van der Waals surface area contributed by atoms with Crippen molar-refractivity contribution < 1.29 is 0 Å². The van der Waals surface area contributed by atoms with Gasteiger partial charge in [0, 0.05) is 28.1 Å². The lowest BCUT2D eigenvalue weighted by Gasteiger charge is -2.08. The summed E-state index contributed by atoms with van der Waals surface area (Å²) in [5, 5.41) is 6.29. The molecule has 2 aromatic rings. The zero-order valence-electron chi connectivity index (χ0n) is 9.06. The molecule has 0 amide bonds. The highest BCUT2D eigenvalue weighted by molar-refractivity contribution is 9.10. The molecule has 0 aromatic carbocycles. The van der Waals surface area contributed by atoms with Crippen LogP contribution in [-0.4, -0.2) is 9.78 Å². The molecule has 1 unspecified atom stereocenters. The molecule has 2 N–H and O–H groups in total. The molecule has 2 rings (SSSR count). The van der Waals surface area contributed by atoms with Crippen molar-refractivity contribution in [1.82, 2.24) is 9.78 Å². The van der Waals surface area contributed by atoms with E-state index in [2.05, 4.69) is 39.5 Å². The normalized spacial score (nSPS) is 12.9. The van der Waals surface area contributed by atoms with Gasteiger partial charge in [0.25, 0.3) is 0 Å². The Morgan fingerprint density at radius 1 is 1.62 bits per heavy atom. The van der Waals surface area contributed by atoms with Crippen molar-refractivity contribution in [3.8, 4) is 0 Å². The van der Waals surface area contributed by atoms with E-state index < -0.39 is 0 Å². The van der Waals surface area contributed by atoms with E-state index in [1.165, 1.54) is 10.4 Å². The highest BCUT2D eigenvalue weighted by Gasteiger charge is 2.12. The highest BCUT2D eigenvalue weighted by atomic mass is 79.9. The van der Waals surface area contributed by atoms with Crippen molar-refractivity contribution >= 4 is 27.3 Å². The summed E-state index contributed by atoms with van der Waals surface area (Å²) in [5.74, 6) is 0. The summed E-state index contributed by atoms with van der Waals surface area (Å²) in [4.78, 5) is 1.20. The van der Waals surface area contributed by atoms with Gasteiger partial charge in [0.15, 0.2) is 0 Å². The molecule has 0 saturated heterocycles. The van der Waals surface area contributed by atoms with Crippen LogP contribution in [0.3, 0.4) is 0 Å². The van der Waals surface area contributed by atoms with Crippen LogP contribution in [0.1, 0.15) is 23.4 Å². The smallest absolute Gasteiger partial charge is 0.0522 e. The average molecular weight is 300 g/mol. The Morgan fingerprint density at radius 2 is 2.44 bits per heavy atom. The molecule has 0 radical (unpaired) electrons. The molecule has 0 saturated carbocycles. The molecule has 86 valence electrons. The Bertz CT molecular complexity index is 463. The standard InChI is InChI=1S/C11H14BrN3S/c1-2-15-7-8(6-14-15)5-10(13)11-9(12)3-4-16-11/h3-4,6-7,10H,2,5,13H2,1H3. The van der Waals surface area contributed by atoms with Gasteiger partial charge in [-0.3, -0.25) is 4.68 Å². The van der Waals surface area contributed by atoms with Crippen LogP contribution in [0.4, 0.5) is 0 Å². The average Bonchev–Trinajstić information content (AvgIpc) is 2.86. The van der Waals surface area contributed by atoms with E-state index in [1.807, 2.05) is 16.9 Å². The minimum absolute atomic E-state index is 0.0453. The summed E-state index contributed by atoms with van der Waals surface area (Å²) in [6.07, 6.45) is 4.78. The number of hydrogen-bond donors (Lipinski definition) is 1. The van der Waals surface area contributed by atoms with Crippen LogP contribution < -0.4 is 5.73 Å². The molecular weight excluding hydrogens is 286 g/mol. The molecule has 0 bridgehead atoms. The number of aryl methyl sites for hydroxylation is 1. The van der Waals surface area contributed by atoms with Crippen molar-refractivity contribution in [2.75, 3.05) is 0 Å². The summed E-state index contributed by atoms with van der Waals surface area (Å²) >= 11 is 5.20. The van der Waals surface area contributed by atoms with Gasteiger partial charge in [0.05, 0.1) is 6.20 Å². The molecule has 0 fully saturated rings. The van der Waals surface area contributed by atoms with Crippen molar-refractivity contribution in [1.29, 1.82) is 0 Å². The molecule has 5 heteroatoms.